The zero-order chi connectivity index (χ0) is 13.0. The van der Waals surface area contributed by atoms with Crippen molar-refractivity contribution < 1.29 is 9.90 Å². The quantitative estimate of drug-likeness (QED) is 0.859. The Morgan fingerprint density at radius 2 is 2.00 bits per heavy atom. The van der Waals surface area contributed by atoms with Crippen molar-refractivity contribution in [2.75, 3.05) is 5.32 Å². The Balaban J connectivity index is 2.25. The molecule has 1 unspecified atom stereocenters. The van der Waals surface area contributed by atoms with Gasteiger partial charge in [0.1, 0.15) is 12.1 Å². The molecule has 0 aliphatic heterocycles. The minimum atomic E-state index is -0.947. The molecule has 2 N–H and O–H groups in total. The van der Waals surface area contributed by atoms with Gasteiger partial charge in [0.05, 0.1) is 0 Å². The summed E-state index contributed by atoms with van der Waals surface area (Å²) in [5, 5.41) is 12.1. The van der Waals surface area contributed by atoms with Gasteiger partial charge >= 0.3 is 5.97 Å². The van der Waals surface area contributed by atoms with Crippen LogP contribution in [-0.4, -0.2) is 21.0 Å². The molecule has 1 aromatic carbocycles. The maximum Gasteiger partial charge on any atom is 0.330 e. The van der Waals surface area contributed by atoms with E-state index in [0.717, 1.165) is 5.69 Å². The highest BCUT2D eigenvalue weighted by atomic mass is 16.4. The fourth-order valence-electron chi connectivity index (χ4n) is 1.61. The topological polar surface area (TPSA) is 75.1 Å². The van der Waals surface area contributed by atoms with Gasteiger partial charge in [0, 0.05) is 11.8 Å². The molecule has 5 heteroatoms. The smallest absolute Gasteiger partial charge is 0.330 e. The van der Waals surface area contributed by atoms with Crippen LogP contribution in [0.5, 0.6) is 0 Å². The van der Waals surface area contributed by atoms with Crippen molar-refractivity contribution in [2.45, 2.75) is 13.0 Å². The summed E-state index contributed by atoms with van der Waals surface area (Å²) >= 11 is 0. The van der Waals surface area contributed by atoms with Gasteiger partial charge in [-0.3, -0.25) is 0 Å². The van der Waals surface area contributed by atoms with E-state index in [-0.39, 0.29) is 0 Å². The Morgan fingerprint density at radius 3 is 2.61 bits per heavy atom. The summed E-state index contributed by atoms with van der Waals surface area (Å²) in [4.78, 5) is 19.3. The second kappa shape index (κ2) is 5.27. The van der Waals surface area contributed by atoms with E-state index in [0.29, 0.717) is 11.4 Å². The number of hydrogen-bond acceptors (Lipinski definition) is 4. The summed E-state index contributed by atoms with van der Waals surface area (Å²) in [6.45, 7) is 1.82. The van der Waals surface area contributed by atoms with E-state index in [1.54, 1.807) is 30.3 Å². The fraction of sp³-hybridized carbons (Fsp3) is 0.154. The lowest BCUT2D eigenvalue weighted by Crippen LogP contribution is -2.21. The van der Waals surface area contributed by atoms with Crippen molar-refractivity contribution in [3.8, 4) is 0 Å². The van der Waals surface area contributed by atoms with E-state index in [1.807, 2.05) is 13.0 Å². The molecular weight excluding hydrogens is 230 g/mol. The molecule has 0 radical (unpaired) electrons. The number of rotatable bonds is 4. The lowest BCUT2D eigenvalue weighted by Gasteiger charge is -2.15. The zero-order valence-corrected chi connectivity index (χ0v) is 9.87. The van der Waals surface area contributed by atoms with Crippen LogP contribution in [0.4, 0.5) is 5.82 Å². The monoisotopic (exact) mass is 243 g/mol. The summed E-state index contributed by atoms with van der Waals surface area (Å²) in [5.41, 5.74) is 1.46. The van der Waals surface area contributed by atoms with E-state index in [2.05, 4.69) is 15.3 Å². The Bertz CT molecular complexity index is 543. The summed E-state index contributed by atoms with van der Waals surface area (Å²) < 4.78 is 0. The molecule has 0 bridgehead atoms. The van der Waals surface area contributed by atoms with Gasteiger partial charge in [0.15, 0.2) is 6.04 Å². The molecule has 1 atom stereocenters. The molecule has 0 amide bonds. The Labute approximate surface area is 105 Å². The molecule has 18 heavy (non-hydrogen) atoms. The molecule has 0 saturated carbocycles. The van der Waals surface area contributed by atoms with E-state index in [9.17, 15) is 9.90 Å². The van der Waals surface area contributed by atoms with Gasteiger partial charge in [-0.2, -0.15) is 0 Å². The lowest BCUT2D eigenvalue weighted by molar-refractivity contribution is -0.138. The maximum atomic E-state index is 11.3. The van der Waals surface area contributed by atoms with E-state index >= 15 is 0 Å². The van der Waals surface area contributed by atoms with Gasteiger partial charge in [-0.05, 0) is 12.5 Å². The standard InChI is InChI=1S/C13H13N3O2/c1-9-7-11(15-8-14-9)16-12(13(17)18)10-5-3-2-4-6-10/h2-8,12H,1H3,(H,17,18)(H,14,15,16). The number of nitrogens with zero attached hydrogens (tertiary/aromatic N) is 2. The third kappa shape index (κ3) is 2.82. The molecule has 2 rings (SSSR count). The van der Waals surface area contributed by atoms with Crippen LogP contribution < -0.4 is 5.32 Å². The molecule has 1 heterocycles. The molecule has 2 aromatic rings. The molecule has 0 aliphatic rings. The first-order chi connectivity index (χ1) is 8.66. The fourth-order valence-corrected chi connectivity index (χ4v) is 1.61. The normalized spacial score (nSPS) is 11.8. The van der Waals surface area contributed by atoms with E-state index < -0.39 is 12.0 Å². The summed E-state index contributed by atoms with van der Waals surface area (Å²) in [6, 6.07) is 9.87. The number of benzene rings is 1. The van der Waals surface area contributed by atoms with Gasteiger partial charge in [0.25, 0.3) is 0 Å². The highest BCUT2D eigenvalue weighted by molar-refractivity contribution is 5.78. The zero-order valence-electron chi connectivity index (χ0n) is 9.87. The first kappa shape index (κ1) is 12.0. The third-order valence-corrected chi connectivity index (χ3v) is 2.48. The highest BCUT2D eigenvalue weighted by Gasteiger charge is 2.19. The molecule has 0 spiro atoms. The van der Waals surface area contributed by atoms with Gasteiger partial charge in [-0.1, -0.05) is 30.3 Å². The Kier molecular flexibility index (Phi) is 3.52. The molecular formula is C13H13N3O2. The van der Waals surface area contributed by atoms with Crippen LogP contribution in [0.3, 0.4) is 0 Å². The average Bonchev–Trinajstić information content (AvgIpc) is 2.37. The van der Waals surface area contributed by atoms with Crippen LogP contribution in [0.25, 0.3) is 0 Å². The van der Waals surface area contributed by atoms with Crippen molar-refractivity contribution in [3.05, 3.63) is 54.0 Å². The maximum absolute atomic E-state index is 11.3. The SMILES string of the molecule is Cc1cc(NC(C(=O)O)c2ccccc2)ncn1. The highest BCUT2D eigenvalue weighted by Crippen LogP contribution is 2.18. The summed E-state index contributed by atoms with van der Waals surface area (Å²) in [6.07, 6.45) is 1.40. The number of anilines is 1. The van der Waals surface area contributed by atoms with Gasteiger partial charge in [-0.25, -0.2) is 14.8 Å². The van der Waals surface area contributed by atoms with Crippen LogP contribution in [0.2, 0.25) is 0 Å². The molecule has 0 aliphatic carbocycles. The second-order valence-electron chi connectivity index (χ2n) is 3.87. The van der Waals surface area contributed by atoms with Crippen molar-refractivity contribution >= 4 is 11.8 Å². The number of nitrogens with one attached hydrogen (secondary N) is 1. The van der Waals surface area contributed by atoms with Crippen LogP contribution in [0.15, 0.2) is 42.7 Å². The van der Waals surface area contributed by atoms with Crippen LogP contribution in [-0.2, 0) is 4.79 Å². The van der Waals surface area contributed by atoms with Crippen LogP contribution in [0.1, 0.15) is 17.3 Å². The first-order valence-electron chi connectivity index (χ1n) is 5.50. The van der Waals surface area contributed by atoms with Crippen molar-refractivity contribution in [2.24, 2.45) is 0 Å². The van der Waals surface area contributed by atoms with E-state index in [1.165, 1.54) is 6.33 Å². The van der Waals surface area contributed by atoms with Crippen molar-refractivity contribution in [3.63, 3.8) is 0 Å². The number of carboxylic acid groups (broad SMARTS) is 1. The van der Waals surface area contributed by atoms with Gasteiger partial charge < -0.3 is 10.4 Å². The second-order valence-corrected chi connectivity index (χ2v) is 3.87. The van der Waals surface area contributed by atoms with E-state index in [4.69, 9.17) is 0 Å². The number of carboxylic acids is 1. The minimum absolute atomic E-state index is 0.499. The molecule has 0 saturated heterocycles. The molecule has 5 nitrogen and oxygen atoms in total. The van der Waals surface area contributed by atoms with Crippen molar-refractivity contribution in [1.29, 1.82) is 0 Å². The first-order valence-corrected chi connectivity index (χ1v) is 5.50. The minimum Gasteiger partial charge on any atom is -0.479 e. The number of aromatic nitrogens is 2. The summed E-state index contributed by atoms with van der Waals surface area (Å²) in [7, 11) is 0. The molecule has 0 fully saturated rings. The Hall–Kier alpha value is -2.43. The number of aryl methyl sites for hydroxylation is 1. The third-order valence-electron chi connectivity index (χ3n) is 2.48. The molecule has 92 valence electrons. The average molecular weight is 243 g/mol. The predicted molar refractivity (Wildman–Crippen MR) is 67.2 cm³/mol. The van der Waals surface area contributed by atoms with Crippen molar-refractivity contribution in [1.82, 2.24) is 9.97 Å². The summed E-state index contributed by atoms with van der Waals surface area (Å²) in [5.74, 6) is -0.448. The van der Waals surface area contributed by atoms with Crippen LogP contribution >= 0.6 is 0 Å². The lowest BCUT2D eigenvalue weighted by atomic mass is 10.1. The molecule has 1 aromatic heterocycles. The Morgan fingerprint density at radius 1 is 1.28 bits per heavy atom. The number of carbonyl (C=O) groups is 1. The van der Waals surface area contributed by atoms with Crippen LogP contribution in [0, 0.1) is 6.92 Å². The van der Waals surface area contributed by atoms with Gasteiger partial charge in [0.2, 0.25) is 0 Å². The number of aliphatic carboxylic acids is 1. The predicted octanol–water partition coefficient (Wildman–Crippen LogP) is 2.02. The number of hydrogen-bond donors (Lipinski definition) is 2. The largest absolute Gasteiger partial charge is 0.479 e. The van der Waals surface area contributed by atoms with Gasteiger partial charge in [-0.15, -0.1) is 0 Å².